The van der Waals surface area contributed by atoms with Crippen LogP contribution in [0.4, 0.5) is 5.82 Å². The van der Waals surface area contributed by atoms with Crippen LogP contribution in [0.15, 0.2) is 72.3 Å². The van der Waals surface area contributed by atoms with Crippen molar-refractivity contribution in [2.24, 2.45) is 0 Å². The molecule has 0 radical (unpaired) electrons. The Bertz CT molecular complexity index is 931. The van der Waals surface area contributed by atoms with Gasteiger partial charge in [-0.3, -0.25) is 4.72 Å². The molecule has 0 amide bonds. The van der Waals surface area contributed by atoms with Crippen LogP contribution < -0.4 is 4.72 Å². The Labute approximate surface area is 135 Å². The van der Waals surface area contributed by atoms with Crippen LogP contribution in [0, 0.1) is 0 Å². The predicted molar refractivity (Wildman–Crippen MR) is 91.0 cm³/mol. The lowest BCUT2D eigenvalue weighted by molar-refractivity contribution is 0.601. The van der Waals surface area contributed by atoms with E-state index in [9.17, 15) is 8.42 Å². The predicted octanol–water partition coefficient (Wildman–Crippen LogP) is 3.25. The number of nitrogens with one attached hydrogen (secondary N) is 1. The van der Waals surface area contributed by atoms with Crippen LogP contribution in [-0.2, 0) is 16.4 Å². The zero-order valence-electron chi connectivity index (χ0n) is 12.5. The van der Waals surface area contributed by atoms with Gasteiger partial charge >= 0.3 is 0 Å². The molecule has 2 aromatic heterocycles. The number of fused-ring (bicyclic) bond motifs is 1. The standard InChI is InChI=1S/C17H17N3O2S/c1-2-3-11-15-17(18-16-12-7-8-13-20(15)16)19-23(21,22)14-9-5-4-6-10-14/h2,4-10,12-13,19H,1,3,11H2. The molecule has 1 N–H and O–H groups in total. The molecule has 1 aromatic carbocycles. The number of pyridine rings is 1. The van der Waals surface area contributed by atoms with Crippen molar-refractivity contribution in [1.29, 1.82) is 0 Å². The van der Waals surface area contributed by atoms with Crippen LogP contribution in [0.5, 0.6) is 0 Å². The first-order valence-electron chi connectivity index (χ1n) is 7.26. The summed E-state index contributed by atoms with van der Waals surface area (Å²) in [5.74, 6) is 0.363. The van der Waals surface area contributed by atoms with Gasteiger partial charge in [0.1, 0.15) is 5.65 Å². The number of rotatable bonds is 6. The molecule has 0 aliphatic rings. The van der Waals surface area contributed by atoms with E-state index in [0.717, 1.165) is 12.1 Å². The molecule has 0 fully saturated rings. The number of hydrogen-bond acceptors (Lipinski definition) is 3. The van der Waals surface area contributed by atoms with Crippen LogP contribution in [0.3, 0.4) is 0 Å². The van der Waals surface area contributed by atoms with Gasteiger partial charge in [-0.15, -0.1) is 6.58 Å². The molecule has 0 bridgehead atoms. The average Bonchev–Trinajstić information content (AvgIpc) is 2.90. The molecule has 6 heteroatoms. The number of allylic oxidation sites excluding steroid dienone is 1. The average molecular weight is 327 g/mol. The Morgan fingerprint density at radius 2 is 1.87 bits per heavy atom. The van der Waals surface area contributed by atoms with Crippen LogP contribution in [0.2, 0.25) is 0 Å². The minimum absolute atomic E-state index is 0.215. The Kier molecular flexibility index (Phi) is 4.16. The minimum atomic E-state index is -3.66. The van der Waals surface area contributed by atoms with Gasteiger partial charge in [-0.25, -0.2) is 13.4 Å². The summed E-state index contributed by atoms with van der Waals surface area (Å²) in [6.07, 6.45) is 5.07. The normalized spacial score (nSPS) is 11.5. The van der Waals surface area contributed by atoms with E-state index >= 15 is 0 Å². The van der Waals surface area contributed by atoms with Gasteiger partial charge < -0.3 is 4.40 Å². The lowest BCUT2D eigenvalue weighted by Crippen LogP contribution is -2.14. The SMILES string of the molecule is C=CCCc1c(NS(=O)(=O)c2ccccc2)nc2ccccn12. The highest BCUT2D eigenvalue weighted by molar-refractivity contribution is 7.92. The number of imidazole rings is 1. The lowest BCUT2D eigenvalue weighted by atomic mass is 10.2. The topological polar surface area (TPSA) is 63.5 Å². The van der Waals surface area contributed by atoms with Crippen molar-refractivity contribution in [2.45, 2.75) is 17.7 Å². The first-order valence-corrected chi connectivity index (χ1v) is 8.75. The number of aromatic nitrogens is 2. The molecular weight excluding hydrogens is 310 g/mol. The molecule has 0 aliphatic carbocycles. The second-order valence-electron chi connectivity index (χ2n) is 5.08. The van der Waals surface area contributed by atoms with Crippen molar-refractivity contribution in [3.05, 3.63) is 73.1 Å². The molecule has 5 nitrogen and oxygen atoms in total. The van der Waals surface area contributed by atoms with Gasteiger partial charge in [0.2, 0.25) is 0 Å². The van der Waals surface area contributed by atoms with E-state index in [4.69, 9.17) is 0 Å². The monoisotopic (exact) mass is 327 g/mol. The number of anilines is 1. The molecule has 118 valence electrons. The quantitative estimate of drug-likeness (QED) is 0.707. The van der Waals surface area contributed by atoms with Crippen molar-refractivity contribution in [3.63, 3.8) is 0 Å². The van der Waals surface area contributed by atoms with Gasteiger partial charge in [-0.2, -0.15) is 0 Å². The highest BCUT2D eigenvalue weighted by Gasteiger charge is 2.19. The smallest absolute Gasteiger partial charge is 0.263 e. The summed E-state index contributed by atoms with van der Waals surface area (Å²) < 4.78 is 29.6. The number of nitrogens with zero attached hydrogens (tertiary/aromatic N) is 2. The fraction of sp³-hybridized carbons (Fsp3) is 0.118. The van der Waals surface area contributed by atoms with Crippen LogP contribution in [0.25, 0.3) is 5.65 Å². The summed E-state index contributed by atoms with van der Waals surface area (Å²) in [5.41, 5.74) is 1.53. The Balaban J connectivity index is 2.04. The van der Waals surface area contributed by atoms with Gasteiger partial charge in [0.05, 0.1) is 10.6 Å². The minimum Gasteiger partial charge on any atom is -0.302 e. The van der Waals surface area contributed by atoms with E-state index in [0.29, 0.717) is 17.9 Å². The fourth-order valence-corrected chi connectivity index (χ4v) is 3.44. The van der Waals surface area contributed by atoms with Crippen molar-refractivity contribution in [3.8, 4) is 0 Å². The van der Waals surface area contributed by atoms with E-state index in [1.165, 1.54) is 0 Å². The summed E-state index contributed by atoms with van der Waals surface area (Å²) in [6.45, 7) is 3.72. The first kappa shape index (κ1) is 15.3. The Morgan fingerprint density at radius 3 is 2.61 bits per heavy atom. The zero-order chi connectivity index (χ0) is 16.3. The molecule has 0 unspecified atom stereocenters. The number of benzene rings is 1. The van der Waals surface area contributed by atoms with Crippen molar-refractivity contribution >= 4 is 21.5 Å². The summed E-state index contributed by atoms with van der Waals surface area (Å²) in [4.78, 5) is 4.63. The van der Waals surface area contributed by atoms with Gasteiger partial charge in [0.15, 0.2) is 5.82 Å². The van der Waals surface area contributed by atoms with E-state index in [-0.39, 0.29) is 4.90 Å². The first-order chi connectivity index (χ1) is 11.1. The third-order valence-corrected chi connectivity index (χ3v) is 4.85. The highest BCUT2D eigenvalue weighted by Crippen LogP contribution is 2.22. The highest BCUT2D eigenvalue weighted by atomic mass is 32.2. The third kappa shape index (κ3) is 3.12. The van der Waals surface area contributed by atoms with Crippen LogP contribution >= 0.6 is 0 Å². The van der Waals surface area contributed by atoms with Crippen molar-refractivity contribution < 1.29 is 8.42 Å². The van der Waals surface area contributed by atoms with Gasteiger partial charge in [0, 0.05) is 6.20 Å². The maximum atomic E-state index is 12.5. The molecule has 0 saturated heterocycles. The summed E-state index contributed by atoms with van der Waals surface area (Å²) in [7, 11) is -3.66. The molecule has 0 saturated carbocycles. The van der Waals surface area contributed by atoms with Crippen molar-refractivity contribution in [2.75, 3.05) is 4.72 Å². The second kappa shape index (κ2) is 6.26. The van der Waals surface area contributed by atoms with Gasteiger partial charge in [-0.1, -0.05) is 30.3 Å². The molecule has 3 rings (SSSR count). The van der Waals surface area contributed by atoms with Crippen molar-refractivity contribution in [1.82, 2.24) is 9.38 Å². The molecule has 3 aromatic rings. The zero-order valence-corrected chi connectivity index (χ0v) is 13.3. The van der Waals surface area contributed by atoms with E-state index in [1.807, 2.05) is 28.8 Å². The number of sulfonamides is 1. The lowest BCUT2D eigenvalue weighted by Gasteiger charge is -2.08. The summed E-state index contributed by atoms with van der Waals surface area (Å²) in [5, 5.41) is 0. The molecule has 0 spiro atoms. The Hall–Kier alpha value is -2.60. The molecule has 2 heterocycles. The fourth-order valence-electron chi connectivity index (χ4n) is 2.39. The third-order valence-electron chi connectivity index (χ3n) is 3.50. The van der Waals surface area contributed by atoms with Gasteiger partial charge in [0.25, 0.3) is 10.0 Å². The Morgan fingerprint density at radius 1 is 1.13 bits per heavy atom. The summed E-state index contributed by atoms with van der Waals surface area (Å²) >= 11 is 0. The summed E-state index contributed by atoms with van der Waals surface area (Å²) in [6, 6.07) is 13.9. The largest absolute Gasteiger partial charge is 0.302 e. The number of hydrogen-bond donors (Lipinski definition) is 1. The maximum absolute atomic E-state index is 12.5. The maximum Gasteiger partial charge on any atom is 0.263 e. The van der Waals surface area contributed by atoms with E-state index < -0.39 is 10.0 Å². The van der Waals surface area contributed by atoms with Crippen LogP contribution in [0.1, 0.15) is 12.1 Å². The molecule has 0 aliphatic heterocycles. The van der Waals surface area contributed by atoms with E-state index in [1.54, 1.807) is 36.4 Å². The molecule has 0 atom stereocenters. The van der Waals surface area contributed by atoms with E-state index in [2.05, 4.69) is 16.3 Å². The van der Waals surface area contributed by atoms with Gasteiger partial charge in [-0.05, 0) is 37.1 Å². The molecular formula is C17H17N3O2S. The molecule has 23 heavy (non-hydrogen) atoms. The van der Waals surface area contributed by atoms with Crippen LogP contribution in [-0.4, -0.2) is 17.8 Å². The second-order valence-corrected chi connectivity index (χ2v) is 6.76. The number of aryl methyl sites for hydroxylation is 1.